The predicted molar refractivity (Wildman–Crippen MR) is 115 cm³/mol. The number of benzene rings is 1. The molecule has 30 heavy (non-hydrogen) atoms. The molecule has 0 spiro atoms. The molecular weight excluding hydrogens is 386 g/mol. The number of nitrogens with zero attached hydrogens (tertiary/aromatic N) is 5. The molecule has 2 aromatic rings. The summed E-state index contributed by atoms with van der Waals surface area (Å²) >= 11 is 0. The summed E-state index contributed by atoms with van der Waals surface area (Å²) in [4.78, 5) is 25.2. The molecule has 2 aliphatic rings. The Morgan fingerprint density at radius 2 is 1.43 bits per heavy atom. The first-order chi connectivity index (χ1) is 14.8. The summed E-state index contributed by atoms with van der Waals surface area (Å²) in [5, 5.41) is 3.32. The summed E-state index contributed by atoms with van der Waals surface area (Å²) in [6.07, 6.45) is 3.79. The molecule has 0 unspecified atom stereocenters. The number of aromatic nitrogens is 2. The molecule has 1 aromatic heterocycles. The summed E-state index contributed by atoms with van der Waals surface area (Å²) in [6.45, 7) is 4.98. The van der Waals surface area contributed by atoms with Crippen molar-refractivity contribution in [3.8, 4) is 5.75 Å². The Bertz CT molecular complexity index is 852. The van der Waals surface area contributed by atoms with Gasteiger partial charge in [0.05, 0.1) is 33.5 Å². The van der Waals surface area contributed by atoms with Crippen LogP contribution in [0.25, 0.3) is 12.2 Å². The van der Waals surface area contributed by atoms with Crippen molar-refractivity contribution in [1.29, 1.82) is 0 Å². The number of ether oxygens (including phenoxy) is 3. The maximum Gasteiger partial charge on any atom is 0.192 e. The molecule has 0 saturated carbocycles. The molecular formula is C21H25N5O4. The van der Waals surface area contributed by atoms with Gasteiger partial charge >= 0.3 is 0 Å². The van der Waals surface area contributed by atoms with Crippen LogP contribution in [0.4, 0.5) is 17.3 Å². The highest BCUT2D eigenvalue weighted by molar-refractivity contribution is 5.78. The highest BCUT2D eigenvalue weighted by Gasteiger charge is 2.25. The summed E-state index contributed by atoms with van der Waals surface area (Å²) in [6, 6.07) is 7.72. The Morgan fingerprint density at radius 3 is 1.90 bits per heavy atom. The van der Waals surface area contributed by atoms with Crippen LogP contribution in [-0.4, -0.2) is 69.7 Å². The van der Waals surface area contributed by atoms with Gasteiger partial charge < -0.3 is 24.0 Å². The predicted octanol–water partition coefficient (Wildman–Crippen LogP) is 2.73. The van der Waals surface area contributed by atoms with Crippen LogP contribution >= 0.6 is 0 Å². The van der Waals surface area contributed by atoms with E-state index in [-0.39, 0.29) is 5.69 Å². The van der Waals surface area contributed by atoms with Crippen molar-refractivity contribution in [2.75, 3.05) is 69.5 Å². The van der Waals surface area contributed by atoms with Crippen LogP contribution in [-0.2, 0) is 9.47 Å². The van der Waals surface area contributed by atoms with Gasteiger partial charge in [0.1, 0.15) is 5.75 Å². The van der Waals surface area contributed by atoms with Crippen LogP contribution in [0.15, 0.2) is 29.4 Å². The van der Waals surface area contributed by atoms with E-state index in [2.05, 4.69) is 15.1 Å². The summed E-state index contributed by atoms with van der Waals surface area (Å²) in [5.41, 5.74) is 1.28. The number of morpholine rings is 2. The van der Waals surface area contributed by atoms with E-state index in [1.807, 2.05) is 46.2 Å². The van der Waals surface area contributed by atoms with E-state index in [1.165, 1.54) is 0 Å². The van der Waals surface area contributed by atoms with Crippen molar-refractivity contribution < 1.29 is 14.2 Å². The van der Waals surface area contributed by atoms with Crippen LogP contribution in [0, 0.1) is 4.91 Å². The lowest BCUT2D eigenvalue weighted by Crippen LogP contribution is -2.39. The zero-order chi connectivity index (χ0) is 20.8. The van der Waals surface area contributed by atoms with Gasteiger partial charge in [-0.1, -0.05) is 18.2 Å². The molecule has 3 heterocycles. The van der Waals surface area contributed by atoms with Crippen molar-refractivity contribution in [2.24, 2.45) is 5.18 Å². The quantitative estimate of drug-likeness (QED) is 0.671. The third-order valence-electron chi connectivity index (χ3n) is 5.12. The van der Waals surface area contributed by atoms with Gasteiger partial charge in [-0.25, -0.2) is 9.97 Å². The average Bonchev–Trinajstić information content (AvgIpc) is 2.83. The fourth-order valence-electron chi connectivity index (χ4n) is 3.48. The van der Waals surface area contributed by atoms with Crippen LogP contribution in [0.5, 0.6) is 5.75 Å². The van der Waals surface area contributed by atoms with Gasteiger partial charge in [0, 0.05) is 26.2 Å². The minimum Gasteiger partial charge on any atom is -0.497 e. The average molecular weight is 411 g/mol. The van der Waals surface area contributed by atoms with Crippen molar-refractivity contribution in [2.45, 2.75) is 0 Å². The van der Waals surface area contributed by atoms with Gasteiger partial charge in [0.15, 0.2) is 23.1 Å². The molecule has 0 amide bonds. The number of nitroso groups, excluding NO2 is 1. The van der Waals surface area contributed by atoms with Gasteiger partial charge in [-0.15, -0.1) is 4.91 Å². The van der Waals surface area contributed by atoms with Crippen LogP contribution in [0.1, 0.15) is 11.4 Å². The summed E-state index contributed by atoms with van der Waals surface area (Å²) in [7, 11) is 1.64. The van der Waals surface area contributed by atoms with E-state index in [0.29, 0.717) is 70.1 Å². The zero-order valence-electron chi connectivity index (χ0n) is 17.0. The van der Waals surface area contributed by atoms with E-state index in [1.54, 1.807) is 7.11 Å². The lowest BCUT2D eigenvalue weighted by Gasteiger charge is -2.32. The normalized spacial score (nSPS) is 17.4. The lowest BCUT2D eigenvalue weighted by molar-refractivity contribution is 0.122. The molecule has 2 aliphatic heterocycles. The van der Waals surface area contributed by atoms with Gasteiger partial charge in [-0.2, -0.15) is 0 Å². The Kier molecular flexibility index (Phi) is 6.50. The number of anilines is 2. The SMILES string of the molecule is COc1ccc(/C=C/c2nc(N3CCOCC3)c(N=O)c(N3CCOCC3)n2)cc1. The van der Waals surface area contributed by atoms with Crippen LogP contribution < -0.4 is 14.5 Å². The van der Waals surface area contributed by atoms with Crippen molar-refractivity contribution in [3.63, 3.8) is 0 Å². The second-order valence-corrected chi connectivity index (χ2v) is 6.97. The first-order valence-electron chi connectivity index (χ1n) is 10.0. The number of methoxy groups -OCH3 is 1. The first kappa shape index (κ1) is 20.2. The van der Waals surface area contributed by atoms with Crippen LogP contribution in [0.2, 0.25) is 0 Å². The van der Waals surface area contributed by atoms with E-state index in [4.69, 9.17) is 14.2 Å². The number of hydrogen-bond acceptors (Lipinski definition) is 9. The Balaban J connectivity index is 1.70. The van der Waals surface area contributed by atoms with Gasteiger partial charge in [0.2, 0.25) is 0 Å². The van der Waals surface area contributed by atoms with E-state index >= 15 is 0 Å². The highest BCUT2D eigenvalue weighted by atomic mass is 16.5. The highest BCUT2D eigenvalue weighted by Crippen LogP contribution is 2.36. The molecule has 0 aliphatic carbocycles. The van der Waals surface area contributed by atoms with Gasteiger partial charge in [-0.05, 0) is 28.9 Å². The van der Waals surface area contributed by atoms with Gasteiger partial charge in [-0.3, -0.25) is 0 Å². The molecule has 9 heteroatoms. The van der Waals surface area contributed by atoms with E-state index < -0.39 is 0 Å². The van der Waals surface area contributed by atoms with Crippen molar-refractivity contribution in [1.82, 2.24) is 9.97 Å². The maximum atomic E-state index is 11.8. The molecule has 4 rings (SSSR count). The second kappa shape index (κ2) is 9.64. The Morgan fingerprint density at radius 1 is 0.900 bits per heavy atom. The lowest BCUT2D eigenvalue weighted by atomic mass is 10.2. The molecule has 158 valence electrons. The molecule has 9 nitrogen and oxygen atoms in total. The molecule has 2 fully saturated rings. The number of hydrogen-bond donors (Lipinski definition) is 0. The zero-order valence-corrected chi connectivity index (χ0v) is 17.0. The fourth-order valence-corrected chi connectivity index (χ4v) is 3.48. The minimum atomic E-state index is 0.278. The molecule has 0 radical (unpaired) electrons. The van der Waals surface area contributed by atoms with E-state index in [0.717, 1.165) is 11.3 Å². The second-order valence-electron chi connectivity index (χ2n) is 6.97. The smallest absolute Gasteiger partial charge is 0.192 e. The Labute approximate surface area is 175 Å². The molecule has 2 saturated heterocycles. The monoisotopic (exact) mass is 411 g/mol. The molecule has 0 N–H and O–H groups in total. The van der Waals surface area contributed by atoms with Crippen LogP contribution in [0.3, 0.4) is 0 Å². The first-order valence-corrected chi connectivity index (χ1v) is 10.0. The molecule has 1 aromatic carbocycles. The third kappa shape index (κ3) is 4.58. The van der Waals surface area contributed by atoms with Crippen molar-refractivity contribution >= 4 is 29.5 Å². The minimum absolute atomic E-state index is 0.278. The fraction of sp³-hybridized carbons (Fsp3) is 0.429. The maximum absolute atomic E-state index is 11.8. The largest absolute Gasteiger partial charge is 0.497 e. The van der Waals surface area contributed by atoms with Gasteiger partial charge in [0.25, 0.3) is 0 Å². The van der Waals surface area contributed by atoms with E-state index in [9.17, 15) is 4.91 Å². The number of rotatable bonds is 6. The topological polar surface area (TPSA) is 89.4 Å². The standard InChI is InChI=1S/C21H25N5O4/c1-28-17-5-2-16(3-6-17)4-7-18-22-20(25-8-12-29-13-9-25)19(24-27)21(23-18)26-10-14-30-15-11-26/h2-7H,8-15H2,1H3/b7-4+. The Hall–Kier alpha value is -3.04. The summed E-state index contributed by atoms with van der Waals surface area (Å²) < 4.78 is 16.1. The summed E-state index contributed by atoms with van der Waals surface area (Å²) in [5.74, 6) is 2.44. The molecule has 0 atom stereocenters. The van der Waals surface area contributed by atoms with Crippen molar-refractivity contribution in [3.05, 3.63) is 40.6 Å². The molecule has 0 bridgehead atoms. The third-order valence-corrected chi connectivity index (χ3v) is 5.12.